The first-order valence-electron chi connectivity index (χ1n) is 9.35. The molecule has 154 valence electrons. The summed E-state index contributed by atoms with van der Waals surface area (Å²) in [6.07, 6.45) is 0.649. The Morgan fingerprint density at radius 2 is 2.14 bits per heavy atom. The first-order valence-corrected chi connectivity index (χ1v) is 10.2. The summed E-state index contributed by atoms with van der Waals surface area (Å²) in [5.74, 6) is 1.26. The molecule has 9 heteroatoms. The number of carbonyl (C=O) groups excluding carboxylic acids is 2. The van der Waals surface area contributed by atoms with Gasteiger partial charge in [0.05, 0.1) is 36.7 Å². The second-order valence-electron chi connectivity index (χ2n) is 7.32. The molecule has 0 spiro atoms. The summed E-state index contributed by atoms with van der Waals surface area (Å²) in [4.78, 5) is 25.9. The van der Waals surface area contributed by atoms with E-state index in [0.29, 0.717) is 38.3 Å². The van der Waals surface area contributed by atoms with Gasteiger partial charge in [-0.15, -0.1) is 11.3 Å². The standard InChI is InChI=1S/C20H23N3O5S/c1-9-13(18(21)25)20(29-17(9)10(2)24)22-19-14-11(5-6-23(19)3)7-12-15(16(14)26-4)28-8-27-12/h7,19,22H,5-6,8H2,1-4H3,(H2,21,25)/p+1/t19-/m0/s1. The van der Waals surface area contributed by atoms with E-state index >= 15 is 0 Å². The van der Waals surface area contributed by atoms with Crippen molar-refractivity contribution in [2.45, 2.75) is 26.4 Å². The third kappa shape index (κ3) is 3.10. The molecule has 1 unspecified atom stereocenters. The third-order valence-corrected chi connectivity index (χ3v) is 6.83. The van der Waals surface area contributed by atoms with Crippen LogP contribution >= 0.6 is 11.3 Å². The zero-order valence-electron chi connectivity index (χ0n) is 16.8. The van der Waals surface area contributed by atoms with E-state index in [1.165, 1.54) is 23.2 Å². The van der Waals surface area contributed by atoms with Crippen molar-refractivity contribution in [3.63, 3.8) is 0 Å². The summed E-state index contributed by atoms with van der Waals surface area (Å²) in [6, 6.07) is 2.00. The fraction of sp³-hybridized carbons (Fsp3) is 0.400. The molecule has 1 aromatic heterocycles. The number of anilines is 1. The smallest absolute Gasteiger partial charge is 0.251 e. The van der Waals surface area contributed by atoms with E-state index in [2.05, 4.69) is 12.4 Å². The van der Waals surface area contributed by atoms with Crippen molar-refractivity contribution in [2.24, 2.45) is 5.73 Å². The van der Waals surface area contributed by atoms with Gasteiger partial charge in [0, 0.05) is 6.42 Å². The predicted molar refractivity (Wildman–Crippen MR) is 109 cm³/mol. The van der Waals surface area contributed by atoms with Gasteiger partial charge in [-0.3, -0.25) is 9.59 Å². The van der Waals surface area contributed by atoms with Crippen LogP contribution in [0, 0.1) is 6.92 Å². The zero-order valence-corrected chi connectivity index (χ0v) is 17.6. The number of ketones is 1. The Bertz CT molecular complexity index is 1020. The summed E-state index contributed by atoms with van der Waals surface area (Å²) in [5.41, 5.74) is 8.69. The van der Waals surface area contributed by atoms with Crippen LogP contribution < -0.4 is 30.2 Å². The van der Waals surface area contributed by atoms with Crippen LogP contribution in [-0.2, 0) is 6.42 Å². The number of amides is 1. The van der Waals surface area contributed by atoms with Crippen LogP contribution in [0.15, 0.2) is 6.07 Å². The molecule has 1 amide bonds. The number of fused-ring (bicyclic) bond motifs is 2. The quantitative estimate of drug-likeness (QED) is 0.632. The minimum Gasteiger partial charge on any atom is -0.492 e. The lowest BCUT2D eigenvalue weighted by molar-refractivity contribution is -0.910. The third-order valence-electron chi connectivity index (χ3n) is 5.51. The first-order chi connectivity index (χ1) is 13.8. The van der Waals surface area contributed by atoms with E-state index in [1.807, 2.05) is 6.07 Å². The Hall–Kier alpha value is -2.78. The fourth-order valence-electron chi connectivity index (χ4n) is 4.10. The van der Waals surface area contributed by atoms with Crippen LogP contribution in [0.5, 0.6) is 17.2 Å². The number of hydrogen-bond acceptors (Lipinski definition) is 7. The van der Waals surface area contributed by atoms with Crippen molar-refractivity contribution in [3.05, 3.63) is 33.2 Å². The van der Waals surface area contributed by atoms with Crippen molar-refractivity contribution in [1.29, 1.82) is 0 Å². The van der Waals surface area contributed by atoms with Crippen molar-refractivity contribution in [1.82, 2.24) is 0 Å². The minimum atomic E-state index is -0.555. The second-order valence-corrected chi connectivity index (χ2v) is 8.34. The van der Waals surface area contributed by atoms with E-state index in [4.69, 9.17) is 19.9 Å². The molecule has 1 aromatic carbocycles. The predicted octanol–water partition coefficient (Wildman–Crippen LogP) is 1.28. The zero-order chi connectivity index (χ0) is 20.9. The Kier molecular flexibility index (Phi) is 4.87. The molecule has 0 bridgehead atoms. The number of thiophene rings is 1. The number of nitrogens with two attached hydrogens (primary N) is 1. The highest BCUT2D eigenvalue weighted by molar-refractivity contribution is 7.18. The van der Waals surface area contributed by atoms with Gasteiger partial charge >= 0.3 is 0 Å². The number of ether oxygens (including phenoxy) is 3. The lowest BCUT2D eigenvalue weighted by atomic mass is 9.95. The number of likely N-dealkylation sites (N-methyl/N-ethyl adjacent to an activating group) is 1. The number of Topliss-reactive ketones (excluding diaryl/α,β-unsaturated/α-hetero) is 1. The van der Waals surface area contributed by atoms with Crippen LogP contribution in [0.2, 0.25) is 0 Å². The fourth-order valence-corrected chi connectivity index (χ4v) is 5.24. The molecule has 0 aliphatic carbocycles. The van der Waals surface area contributed by atoms with Gasteiger partial charge in [0.25, 0.3) is 5.91 Å². The molecule has 29 heavy (non-hydrogen) atoms. The van der Waals surface area contributed by atoms with Crippen molar-refractivity contribution in [2.75, 3.05) is 32.8 Å². The number of primary amides is 1. The lowest BCUT2D eigenvalue weighted by Crippen LogP contribution is -3.11. The van der Waals surface area contributed by atoms with Crippen LogP contribution in [-0.4, -0.2) is 39.2 Å². The number of nitrogens with one attached hydrogen (secondary N) is 2. The summed E-state index contributed by atoms with van der Waals surface area (Å²) in [6.45, 7) is 4.28. The SMILES string of the molecule is COc1c2c(cc3c1[C@@H](Nc1sc(C(C)=O)c(C)c1C(N)=O)[NH+](C)CC3)OCO2. The monoisotopic (exact) mass is 418 g/mol. The average molecular weight is 418 g/mol. The topological polar surface area (TPSA) is 104 Å². The summed E-state index contributed by atoms with van der Waals surface area (Å²) < 4.78 is 16.9. The van der Waals surface area contributed by atoms with Gasteiger partial charge in [-0.25, -0.2) is 0 Å². The maximum absolute atomic E-state index is 12.1. The van der Waals surface area contributed by atoms with Gasteiger partial charge in [0.15, 0.2) is 23.4 Å². The van der Waals surface area contributed by atoms with Gasteiger partial charge in [0.1, 0.15) is 5.00 Å². The Balaban J connectivity index is 1.83. The molecule has 0 fully saturated rings. The van der Waals surface area contributed by atoms with Gasteiger partial charge < -0.3 is 30.2 Å². The molecule has 8 nitrogen and oxygen atoms in total. The number of methoxy groups -OCH3 is 1. The van der Waals surface area contributed by atoms with Crippen molar-refractivity contribution >= 4 is 28.0 Å². The Morgan fingerprint density at radius 3 is 2.79 bits per heavy atom. The molecule has 3 heterocycles. The van der Waals surface area contributed by atoms with Crippen molar-refractivity contribution < 1.29 is 28.7 Å². The Labute approximate surface area is 172 Å². The number of benzene rings is 1. The van der Waals surface area contributed by atoms with E-state index in [9.17, 15) is 9.59 Å². The second kappa shape index (κ2) is 7.23. The molecule has 2 atom stereocenters. The van der Waals surface area contributed by atoms with Crippen molar-refractivity contribution in [3.8, 4) is 17.2 Å². The number of rotatable bonds is 5. The van der Waals surface area contributed by atoms with Gasteiger partial charge in [-0.2, -0.15) is 0 Å². The summed E-state index contributed by atoms with van der Waals surface area (Å²) >= 11 is 1.26. The normalized spacial score (nSPS) is 19.6. The minimum absolute atomic E-state index is 0.0891. The number of hydrogen-bond donors (Lipinski definition) is 3. The van der Waals surface area contributed by atoms with E-state index < -0.39 is 5.91 Å². The molecule has 4 rings (SSSR count). The summed E-state index contributed by atoms with van der Waals surface area (Å²) in [5, 5.41) is 4.07. The van der Waals surface area contributed by atoms with E-state index in [-0.39, 0.29) is 18.7 Å². The van der Waals surface area contributed by atoms with E-state index in [0.717, 1.165) is 24.1 Å². The molecule has 0 saturated carbocycles. The summed E-state index contributed by atoms with van der Waals surface area (Å²) in [7, 11) is 3.68. The highest BCUT2D eigenvalue weighted by Gasteiger charge is 2.37. The molecule has 2 aliphatic heterocycles. The Morgan fingerprint density at radius 1 is 1.38 bits per heavy atom. The van der Waals surface area contributed by atoms with E-state index in [1.54, 1.807) is 14.0 Å². The number of carbonyl (C=O) groups is 2. The molecule has 2 aromatic rings. The lowest BCUT2D eigenvalue weighted by Gasteiger charge is -2.33. The molecular weight excluding hydrogens is 394 g/mol. The molecule has 0 radical (unpaired) electrons. The van der Waals surface area contributed by atoms with Crippen LogP contribution in [0.1, 0.15) is 49.8 Å². The maximum Gasteiger partial charge on any atom is 0.251 e. The molecule has 0 saturated heterocycles. The highest BCUT2D eigenvalue weighted by Crippen LogP contribution is 2.48. The average Bonchev–Trinajstić information content (AvgIpc) is 3.26. The van der Waals surface area contributed by atoms with Gasteiger partial charge in [0.2, 0.25) is 12.5 Å². The number of quaternary nitrogens is 1. The molecular formula is C20H24N3O5S+. The van der Waals surface area contributed by atoms with Crippen LogP contribution in [0.4, 0.5) is 5.00 Å². The molecule has 4 N–H and O–H groups in total. The highest BCUT2D eigenvalue weighted by atomic mass is 32.1. The van der Waals surface area contributed by atoms with Gasteiger partial charge in [-0.05, 0) is 31.0 Å². The largest absolute Gasteiger partial charge is 0.492 e. The molecule has 2 aliphatic rings. The van der Waals surface area contributed by atoms with Gasteiger partial charge in [-0.1, -0.05) is 0 Å². The van der Waals surface area contributed by atoms with Crippen LogP contribution in [0.3, 0.4) is 0 Å². The maximum atomic E-state index is 12.1. The first kappa shape index (κ1) is 19.5. The van der Waals surface area contributed by atoms with Crippen LogP contribution in [0.25, 0.3) is 0 Å².